The Morgan fingerprint density at radius 3 is 2.40 bits per heavy atom. The first-order chi connectivity index (χ1) is 9.04. The van der Waals surface area contributed by atoms with Crippen LogP contribution < -0.4 is 16.2 Å². The molecular formula is C13H17F3N2O2. The van der Waals surface area contributed by atoms with Crippen LogP contribution in [0.15, 0.2) is 24.3 Å². The number of alkyl halides is 3. The van der Waals surface area contributed by atoms with E-state index in [-0.39, 0.29) is 12.2 Å². The van der Waals surface area contributed by atoms with Crippen molar-refractivity contribution in [2.45, 2.75) is 38.1 Å². The lowest BCUT2D eigenvalue weighted by molar-refractivity contribution is -0.139. The summed E-state index contributed by atoms with van der Waals surface area (Å²) in [6.07, 6.45) is -5.19. The predicted molar refractivity (Wildman–Crippen MR) is 67.9 cm³/mol. The molecule has 1 amide bonds. The molecule has 0 spiro atoms. The van der Waals surface area contributed by atoms with Crippen LogP contribution in [-0.2, 0) is 11.0 Å². The number of carbonyl (C=O) groups excluding carboxylic acids is 1. The number of amides is 1. The molecule has 4 N–H and O–H groups in total. The van der Waals surface area contributed by atoms with Gasteiger partial charge >= 0.3 is 6.18 Å². The molecule has 0 saturated heterocycles. The zero-order chi connectivity index (χ0) is 15.6. The fourth-order valence-electron chi connectivity index (χ4n) is 1.76. The van der Waals surface area contributed by atoms with Crippen LogP contribution in [0.5, 0.6) is 5.75 Å². The first kappa shape index (κ1) is 16.3. The number of para-hydroxylation sites is 1. The summed E-state index contributed by atoms with van der Waals surface area (Å²) in [5.41, 5.74) is 8.56. The lowest BCUT2D eigenvalue weighted by Crippen LogP contribution is -2.51. The maximum absolute atomic E-state index is 12.8. The Morgan fingerprint density at radius 1 is 1.35 bits per heavy atom. The highest BCUT2D eigenvalue weighted by atomic mass is 19.4. The van der Waals surface area contributed by atoms with E-state index >= 15 is 0 Å². The molecule has 20 heavy (non-hydrogen) atoms. The quantitative estimate of drug-likeness (QED) is 0.871. The van der Waals surface area contributed by atoms with Gasteiger partial charge in [0.25, 0.3) is 0 Å². The van der Waals surface area contributed by atoms with Crippen LogP contribution in [0.2, 0.25) is 0 Å². The van der Waals surface area contributed by atoms with Crippen molar-refractivity contribution in [1.82, 2.24) is 0 Å². The maximum Gasteiger partial charge on any atom is 0.419 e. The number of ether oxygens (including phenoxy) is 1. The molecule has 2 atom stereocenters. The fraction of sp³-hybridized carbons (Fsp3) is 0.462. The van der Waals surface area contributed by atoms with Gasteiger partial charge in [0.2, 0.25) is 5.91 Å². The molecular weight excluding hydrogens is 273 g/mol. The van der Waals surface area contributed by atoms with Gasteiger partial charge < -0.3 is 16.2 Å². The Bertz CT molecular complexity index is 487. The van der Waals surface area contributed by atoms with E-state index in [1.54, 1.807) is 0 Å². The number of nitrogens with two attached hydrogens (primary N) is 2. The van der Waals surface area contributed by atoms with Gasteiger partial charge in [-0.05, 0) is 26.0 Å². The summed E-state index contributed by atoms with van der Waals surface area (Å²) in [4.78, 5) is 11.1. The van der Waals surface area contributed by atoms with E-state index in [0.29, 0.717) is 0 Å². The summed E-state index contributed by atoms with van der Waals surface area (Å²) in [5.74, 6) is -1.04. The van der Waals surface area contributed by atoms with Gasteiger partial charge in [-0.2, -0.15) is 13.2 Å². The molecule has 0 radical (unpaired) electrons. The van der Waals surface area contributed by atoms with Gasteiger partial charge in [-0.3, -0.25) is 4.79 Å². The standard InChI is InChI=1S/C13H17F3N2O2/c1-8(7-12(2,18)11(17)19)20-10-6-4-3-5-9(10)13(14,15)16/h3-6,8H,7,18H2,1-2H3,(H2,17,19). The summed E-state index contributed by atoms with van der Waals surface area (Å²) in [7, 11) is 0. The van der Waals surface area contributed by atoms with Crippen LogP contribution in [0, 0.1) is 0 Å². The van der Waals surface area contributed by atoms with Gasteiger partial charge in [0.05, 0.1) is 17.2 Å². The molecule has 0 aliphatic heterocycles. The molecule has 1 aromatic carbocycles. The van der Waals surface area contributed by atoms with Crippen molar-refractivity contribution in [1.29, 1.82) is 0 Å². The summed E-state index contributed by atoms with van der Waals surface area (Å²) < 4.78 is 43.6. The Balaban J connectivity index is 2.87. The van der Waals surface area contributed by atoms with E-state index in [1.165, 1.54) is 32.0 Å². The highest BCUT2D eigenvalue weighted by Crippen LogP contribution is 2.36. The van der Waals surface area contributed by atoms with E-state index in [2.05, 4.69) is 0 Å². The molecule has 4 nitrogen and oxygen atoms in total. The lowest BCUT2D eigenvalue weighted by atomic mass is 9.95. The third kappa shape index (κ3) is 4.12. The highest BCUT2D eigenvalue weighted by Gasteiger charge is 2.35. The molecule has 0 aliphatic carbocycles. The third-order valence-electron chi connectivity index (χ3n) is 2.79. The van der Waals surface area contributed by atoms with Gasteiger partial charge in [0, 0.05) is 6.42 Å². The summed E-state index contributed by atoms with van der Waals surface area (Å²) in [6, 6.07) is 4.86. The lowest BCUT2D eigenvalue weighted by Gasteiger charge is -2.26. The third-order valence-corrected chi connectivity index (χ3v) is 2.79. The number of hydrogen-bond acceptors (Lipinski definition) is 3. The molecule has 0 heterocycles. The number of benzene rings is 1. The van der Waals surface area contributed by atoms with Gasteiger partial charge in [-0.15, -0.1) is 0 Å². The van der Waals surface area contributed by atoms with E-state index < -0.39 is 29.3 Å². The number of carbonyl (C=O) groups is 1. The van der Waals surface area contributed by atoms with Crippen molar-refractivity contribution >= 4 is 5.91 Å². The monoisotopic (exact) mass is 290 g/mol. The van der Waals surface area contributed by atoms with Gasteiger partial charge in [0.15, 0.2) is 0 Å². The van der Waals surface area contributed by atoms with E-state index in [0.717, 1.165) is 6.07 Å². The number of rotatable bonds is 5. The summed E-state index contributed by atoms with van der Waals surface area (Å²) in [6.45, 7) is 2.94. The Kier molecular flexibility index (Phi) is 4.65. The minimum atomic E-state index is -4.51. The normalized spacial score (nSPS) is 16.3. The van der Waals surface area contributed by atoms with Gasteiger partial charge in [-0.1, -0.05) is 12.1 Å². The maximum atomic E-state index is 12.8. The first-order valence-electron chi connectivity index (χ1n) is 5.95. The molecule has 0 aliphatic rings. The second kappa shape index (κ2) is 5.70. The van der Waals surface area contributed by atoms with Crippen LogP contribution in [0.4, 0.5) is 13.2 Å². The van der Waals surface area contributed by atoms with E-state index in [9.17, 15) is 18.0 Å². The molecule has 1 rings (SSSR count). The second-order valence-electron chi connectivity index (χ2n) is 4.91. The zero-order valence-electron chi connectivity index (χ0n) is 11.2. The SMILES string of the molecule is CC(CC(C)(N)C(N)=O)Oc1ccccc1C(F)(F)F. The average molecular weight is 290 g/mol. The van der Waals surface area contributed by atoms with Crippen molar-refractivity contribution in [3.8, 4) is 5.75 Å². The largest absolute Gasteiger partial charge is 0.490 e. The van der Waals surface area contributed by atoms with Crippen molar-refractivity contribution in [3.63, 3.8) is 0 Å². The fourth-order valence-corrected chi connectivity index (χ4v) is 1.76. The van der Waals surface area contributed by atoms with Crippen molar-refractivity contribution in [2.24, 2.45) is 11.5 Å². The van der Waals surface area contributed by atoms with Crippen molar-refractivity contribution in [2.75, 3.05) is 0 Å². The van der Waals surface area contributed by atoms with Crippen molar-refractivity contribution in [3.05, 3.63) is 29.8 Å². The molecule has 7 heteroatoms. The minimum absolute atomic E-state index is 0.00846. The molecule has 0 fully saturated rings. The molecule has 0 bridgehead atoms. The van der Waals surface area contributed by atoms with Crippen LogP contribution >= 0.6 is 0 Å². The highest BCUT2D eigenvalue weighted by molar-refractivity contribution is 5.83. The molecule has 1 aromatic rings. The Labute approximate surface area is 114 Å². The molecule has 112 valence electrons. The molecule has 2 unspecified atom stereocenters. The number of halogens is 3. The average Bonchev–Trinajstić information content (AvgIpc) is 2.26. The smallest absolute Gasteiger partial charge is 0.419 e. The molecule has 0 aromatic heterocycles. The predicted octanol–water partition coefficient (Wildman–Crippen LogP) is 2.07. The topological polar surface area (TPSA) is 78.3 Å². The molecule has 0 saturated carbocycles. The van der Waals surface area contributed by atoms with E-state index in [4.69, 9.17) is 16.2 Å². The van der Waals surface area contributed by atoms with Gasteiger partial charge in [-0.25, -0.2) is 0 Å². The van der Waals surface area contributed by atoms with Crippen LogP contribution in [0.3, 0.4) is 0 Å². The Morgan fingerprint density at radius 2 is 1.90 bits per heavy atom. The minimum Gasteiger partial charge on any atom is -0.490 e. The summed E-state index contributed by atoms with van der Waals surface area (Å²) in [5, 5.41) is 0. The first-order valence-corrected chi connectivity index (χ1v) is 5.95. The summed E-state index contributed by atoms with van der Waals surface area (Å²) >= 11 is 0. The number of hydrogen-bond donors (Lipinski definition) is 2. The van der Waals surface area contributed by atoms with Crippen LogP contribution in [0.1, 0.15) is 25.8 Å². The van der Waals surface area contributed by atoms with Crippen LogP contribution in [0.25, 0.3) is 0 Å². The van der Waals surface area contributed by atoms with E-state index in [1.807, 2.05) is 0 Å². The Hall–Kier alpha value is -1.76. The zero-order valence-corrected chi connectivity index (χ0v) is 11.2. The van der Waals surface area contributed by atoms with Crippen LogP contribution in [-0.4, -0.2) is 17.6 Å². The van der Waals surface area contributed by atoms with Crippen molar-refractivity contribution < 1.29 is 22.7 Å². The van der Waals surface area contributed by atoms with Gasteiger partial charge in [0.1, 0.15) is 5.75 Å². The number of primary amides is 1. The second-order valence-corrected chi connectivity index (χ2v) is 4.91.